The van der Waals surface area contributed by atoms with Crippen molar-refractivity contribution in [2.45, 2.75) is 32.7 Å². The number of aromatic nitrogens is 1. The third-order valence-corrected chi connectivity index (χ3v) is 5.82. The van der Waals surface area contributed by atoms with E-state index in [1.165, 1.54) is 12.8 Å². The smallest absolute Gasteiger partial charge is 0.220 e. The van der Waals surface area contributed by atoms with Crippen LogP contribution in [0.3, 0.4) is 0 Å². The van der Waals surface area contributed by atoms with Gasteiger partial charge in [0.05, 0.1) is 0 Å². The fourth-order valence-corrected chi connectivity index (χ4v) is 3.89. The number of anilines is 1. The van der Waals surface area contributed by atoms with Crippen LogP contribution >= 0.6 is 37.2 Å². The molecule has 0 radical (unpaired) electrons. The van der Waals surface area contributed by atoms with Crippen molar-refractivity contribution in [2.24, 2.45) is 11.8 Å². The van der Waals surface area contributed by atoms with E-state index in [0.29, 0.717) is 24.8 Å². The second-order valence-electron chi connectivity index (χ2n) is 7.86. The van der Waals surface area contributed by atoms with Crippen LogP contribution in [0.25, 0.3) is 0 Å². The van der Waals surface area contributed by atoms with Gasteiger partial charge in [-0.15, -0.1) is 37.2 Å². The molecule has 0 aliphatic carbocycles. The molecule has 1 unspecified atom stereocenters. The molecule has 29 heavy (non-hydrogen) atoms. The number of hydrogen-bond acceptors (Lipinski definition) is 5. The van der Waals surface area contributed by atoms with Gasteiger partial charge in [0, 0.05) is 45.3 Å². The van der Waals surface area contributed by atoms with E-state index in [4.69, 9.17) is 0 Å². The Bertz CT molecular complexity index is 576. The molecule has 9 heteroatoms. The molecule has 2 aliphatic rings. The van der Waals surface area contributed by atoms with Gasteiger partial charge in [0.25, 0.3) is 0 Å². The zero-order valence-electron chi connectivity index (χ0n) is 17.4. The first kappa shape index (κ1) is 28.2. The van der Waals surface area contributed by atoms with Crippen LogP contribution in [0.2, 0.25) is 0 Å². The Morgan fingerprint density at radius 3 is 2.41 bits per heavy atom. The van der Waals surface area contributed by atoms with Gasteiger partial charge in [0.2, 0.25) is 5.91 Å². The molecule has 1 aromatic rings. The fourth-order valence-electron chi connectivity index (χ4n) is 3.89. The molecule has 2 aliphatic heterocycles. The number of halogens is 3. The summed E-state index contributed by atoms with van der Waals surface area (Å²) in [7, 11) is 2.16. The predicted octanol–water partition coefficient (Wildman–Crippen LogP) is 2.74. The van der Waals surface area contributed by atoms with Crippen LogP contribution in [0.1, 0.15) is 31.7 Å². The minimum absolute atomic E-state index is 0. The molecule has 1 atom stereocenters. The lowest BCUT2D eigenvalue weighted by atomic mass is 9.84. The highest BCUT2D eigenvalue weighted by atomic mass is 35.5. The average molecular weight is 469 g/mol. The van der Waals surface area contributed by atoms with Crippen LogP contribution in [0.4, 0.5) is 5.82 Å². The minimum Gasteiger partial charge on any atom is -0.354 e. The van der Waals surface area contributed by atoms with Gasteiger partial charge in [-0.1, -0.05) is 13.0 Å². The molecular weight excluding hydrogens is 433 g/mol. The molecule has 3 heterocycles. The highest BCUT2D eigenvalue weighted by Crippen LogP contribution is 2.24. The van der Waals surface area contributed by atoms with Gasteiger partial charge in [-0.25, -0.2) is 4.98 Å². The number of carbonyl (C=O) groups excluding carboxylic acids is 1. The van der Waals surface area contributed by atoms with E-state index in [0.717, 1.165) is 50.6 Å². The van der Waals surface area contributed by atoms with E-state index in [2.05, 4.69) is 51.5 Å². The summed E-state index contributed by atoms with van der Waals surface area (Å²) in [5.74, 6) is 2.31. The summed E-state index contributed by atoms with van der Waals surface area (Å²) in [4.78, 5) is 21.5. The Balaban J connectivity index is 0.00000261. The number of hydrogen-bond donors (Lipinski definition) is 2. The Morgan fingerprint density at radius 2 is 1.83 bits per heavy atom. The number of nitrogens with one attached hydrogen (secondary N) is 2. The van der Waals surface area contributed by atoms with Gasteiger partial charge in [0.15, 0.2) is 0 Å². The van der Waals surface area contributed by atoms with Crippen LogP contribution in [-0.2, 0) is 11.3 Å². The molecule has 0 bridgehead atoms. The third kappa shape index (κ3) is 8.85. The monoisotopic (exact) mass is 467 g/mol. The molecule has 1 amide bonds. The maximum absolute atomic E-state index is 12.3. The van der Waals surface area contributed by atoms with Crippen molar-refractivity contribution in [2.75, 3.05) is 51.2 Å². The lowest BCUT2D eigenvalue weighted by Crippen LogP contribution is -2.44. The van der Waals surface area contributed by atoms with E-state index in [-0.39, 0.29) is 43.1 Å². The lowest BCUT2D eigenvalue weighted by molar-refractivity contribution is -0.122. The molecule has 3 rings (SSSR count). The molecule has 2 saturated heterocycles. The van der Waals surface area contributed by atoms with Gasteiger partial charge in [0.1, 0.15) is 5.82 Å². The first-order valence-corrected chi connectivity index (χ1v) is 9.97. The molecule has 0 spiro atoms. The molecule has 6 nitrogen and oxygen atoms in total. The Hall–Kier alpha value is -0.790. The number of rotatable bonds is 6. The van der Waals surface area contributed by atoms with Gasteiger partial charge >= 0.3 is 0 Å². The Labute approximate surface area is 193 Å². The molecule has 0 saturated carbocycles. The number of nitrogens with zero attached hydrogens (tertiary/aromatic N) is 3. The van der Waals surface area contributed by atoms with Crippen molar-refractivity contribution in [3.8, 4) is 0 Å². The van der Waals surface area contributed by atoms with Gasteiger partial charge in [-0.05, 0) is 56.4 Å². The summed E-state index contributed by atoms with van der Waals surface area (Å²) >= 11 is 0. The van der Waals surface area contributed by atoms with E-state index in [1.807, 2.05) is 6.20 Å². The summed E-state index contributed by atoms with van der Waals surface area (Å²) in [6.45, 7) is 9.14. The van der Waals surface area contributed by atoms with Crippen molar-refractivity contribution in [3.05, 3.63) is 23.9 Å². The van der Waals surface area contributed by atoms with Crippen LogP contribution in [-0.4, -0.2) is 62.1 Å². The first-order chi connectivity index (χ1) is 12.6. The zero-order chi connectivity index (χ0) is 18.4. The summed E-state index contributed by atoms with van der Waals surface area (Å²) in [5, 5.41) is 6.45. The summed E-state index contributed by atoms with van der Waals surface area (Å²) in [6, 6.07) is 4.15. The van der Waals surface area contributed by atoms with E-state index >= 15 is 0 Å². The number of likely N-dealkylation sites (N-methyl/N-ethyl adjacent to an activating group) is 1. The van der Waals surface area contributed by atoms with Crippen LogP contribution in [0.15, 0.2) is 18.3 Å². The molecule has 1 aromatic heterocycles. The number of pyridine rings is 1. The maximum atomic E-state index is 12.3. The van der Waals surface area contributed by atoms with E-state index in [9.17, 15) is 4.79 Å². The molecule has 0 aromatic carbocycles. The van der Waals surface area contributed by atoms with Gasteiger partial charge in [-0.3, -0.25) is 4.79 Å². The predicted molar refractivity (Wildman–Crippen MR) is 127 cm³/mol. The average Bonchev–Trinajstić information content (AvgIpc) is 2.68. The quantitative estimate of drug-likeness (QED) is 0.672. The van der Waals surface area contributed by atoms with Crippen LogP contribution in [0.5, 0.6) is 0 Å². The normalized spacial score (nSPS) is 18.6. The van der Waals surface area contributed by atoms with Gasteiger partial charge < -0.3 is 20.4 Å². The second-order valence-corrected chi connectivity index (χ2v) is 7.86. The summed E-state index contributed by atoms with van der Waals surface area (Å²) in [5.41, 5.74) is 1.06. The molecule has 168 valence electrons. The SMILES string of the molecule is CC(CC(=O)NCc1ccc(N2CCN(C)CC2)nc1)C1CCNCC1.Cl.Cl.Cl. The number of carbonyl (C=O) groups is 1. The highest BCUT2D eigenvalue weighted by Gasteiger charge is 2.22. The minimum atomic E-state index is 0. The fraction of sp³-hybridized carbons (Fsp3) is 0.700. The lowest BCUT2D eigenvalue weighted by Gasteiger charge is -2.33. The standard InChI is InChI=1S/C20H33N5O.3ClH/c1-16(18-5-7-21-8-6-18)13-20(26)23-15-17-3-4-19(22-14-17)25-11-9-24(2)10-12-25;;;/h3-4,14,16,18,21H,5-13,15H2,1-2H3,(H,23,26);3*1H. The van der Waals surface area contributed by atoms with Gasteiger partial charge in [-0.2, -0.15) is 0 Å². The van der Waals surface area contributed by atoms with Crippen LogP contribution in [0, 0.1) is 11.8 Å². The van der Waals surface area contributed by atoms with Crippen molar-refractivity contribution >= 4 is 48.9 Å². The zero-order valence-corrected chi connectivity index (χ0v) is 19.9. The van der Waals surface area contributed by atoms with E-state index < -0.39 is 0 Å². The van der Waals surface area contributed by atoms with Crippen LogP contribution < -0.4 is 15.5 Å². The number of amides is 1. The summed E-state index contributed by atoms with van der Waals surface area (Å²) in [6.07, 6.45) is 4.89. The summed E-state index contributed by atoms with van der Waals surface area (Å²) < 4.78 is 0. The van der Waals surface area contributed by atoms with E-state index in [1.54, 1.807) is 0 Å². The number of piperidine rings is 1. The second kappa shape index (κ2) is 14.3. The Kier molecular flexibility index (Phi) is 13.9. The number of piperazine rings is 1. The van der Waals surface area contributed by atoms with Crippen molar-refractivity contribution in [3.63, 3.8) is 0 Å². The van der Waals surface area contributed by atoms with Crippen molar-refractivity contribution < 1.29 is 4.79 Å². The molecule has 2 fully saturated rings. The highest BCUT2D eigenvalue weighted by molar-refractivity contribution is 5.86. The molecule has 2 N–H and O–H groups in total. The van der Waals surface area contributed by atoms with Crippen molar-refractivity contribution in [1.82, 2.24) is 20.5 Å². The maximum Gasteiger partial charge on any atom is 0.220 e. The topological polar surface area (TPSA) is 60.5 Å². The Morgan fingerprint density at radius 1 is 1.17 bits per heavy atom. The third-order valence-electron chi connectivity index (χ3n) is 5.82. The molecular formula is C20H36Cl3N5O. The first-order valence-electron chi connectivity index (χ1n) is 9.97. The van der Waals surface area contributed by atoms with Crippen molar-refractivity contribution in [1.29, 1.82) is 0 Å². The largest absolute Gasteiger partial charge is 0.354 e.